The van der Waals surface area contributed by atoms with Crippen LogP contribution in [0.25, 0.3) is 0 Å². The molecule has 5 nitrogen and oxygen atoms in total. The molecule has 0 saturated carbocycles. The zero-order valence-electron chi connectivity index (χ0n) is 10.3. The maximum Gasteiger partial charge on any atom is 0.145 e. The van der Waals surface area contributed by atoms with Gasteiger partial charge in [0.25, 0.3) is 0 Å². The van der Waals surface area contributed by atoms with Crippen LogP contribution >= 0.6 is 15.9 Å². The highest BCUT2D eigenvalue weighted by molar-refractivity contribution is 9.10. The van der Waals surface area contributed by atoms with E-state index in [1.807, 2.05) is 0 Å². The average molecular weight is 303 g/mol. The van der Waals surface area contributed by atoms with Crippen LogP contribution in [0.15, 0.2) is 10.8 Å². The van der Waals surface area contributed by atoms with Crippen LogP contribution in [0, 0.1) is 0 Å². The van der Waals surface area contributed by atoms with E-state index in [0.717, 1.165) is 48.6 Å². The highest BCUT2D eigenvalue weighted by atomic mass is 79.9. The summed E-state index contributed by atoms with van der Waals surface area (Å²) >= 11 is 3.50. The van der Waals surface area contributed by atoms with E-state index in [1.165, 1.54) is 0 Å². The molecule has 0 amide bonds. The van der Waals surface area contributed by atoms with Gasteiger partial charge in [-0.05, 0) is 28.8 Å². The molecule has 0 spiro atoms. The Morgan fingerprint density at radius 2 is 1.88 bits per heavy atom. The molecule has 0 saturated heterocycles. The zero-order valence-corrected chi connectivity index (χ0v) is 11.9. The fraction of sp³-hybridized carbons (Fsp3) is 0.636. The van der Waals surface area contributed by atoms with Crippen LogP contribution in [0.4, 0.5) is 11.6 Å². The molecule has 0 aliphatic rings. The van der Waals surface area contributed by atoms with Crippen LogP contribution in [0.2, 0.25) is 0 Å². The maximum absolute atomic E-state index is 4.99. The number of nitrogens with one attached hydrogen (secondary N) is 2. The van der Waals surface area contributed by atoms with Gasteiger partial charge in [-0.25, -0.2) is 9.97 Å². The first kappa shape index (κ1) is 14.2. The van der Waals surface area contributed by atoms with E-state index in [2.05, 4.69) is 43.5 Å². The Bertz CT molecular complexity index is 335. The summed E-state index contributed by atoms with van der Waals surface area (Å²) in [5.74, 6) is 1.64. The standard InChI is InChI=1S/C11H19BrN4O/c1-3-5-13-10-9(12)11(16-8-15-10)14-6-4-7-17-2/h8H,3-7H2,1-2H3,(H2,13,14,15,16). The smallest absolute Gasteiger partial charge is 0.145 e. The maximum atomic E-state index is 4.99. The molecule has 0 atom stereocenters. The number of aromatic nitrogens is 2. The molecule has 1 aromatic heterocycles. The van der Waals surface area contributed by atoms with Crippen molar-refractivity contribution < 1.29 is 4.74 Å². The highest BCUT2D eigenvalue weighted by Crippen LogP contribution is 2.26. The van der Waals surface area contributed by atoms with Gasteiger partial charge in [0, 0.05) is 26.8 Å². The van der Waals surface area contributed by atoms with Gasteiger partial charge in [0.05, 0.1) is 0 Å². The second kappa shape index (κ2) is 8.25. The number of ether oxygens (including phenoxy) is 1. The monoisotopic (exact) mass is 302 g/mol. The molecule has 0 unspecified atom stereocenters. The summed E-state index contributed by atoms with van der Waals surface area (Å²) in [6, 6.07) is 0. The van der Waals surface area contributed by atoms with E-state index in [-0.39, 0.29) is 0 Å². The van der Waals surface area contributed by atoms with Gasteiger partial charge in [-0.15, -0.1) is 0 Å². The van der Waals surface area contributed by atoms with Gasteiger partial charge in [-0.2, -0.15) is 0 Å². The summed E-state index contributed by atoms with van der Waals surface area (Å²) in [5.41, 5.74) is 0. The van der Waals surface area contributed by atoms with E-state index < -0.39 is 0 Å². The third kappa shape index (κ3) is 4.87. The second-order valence-electron chi connectivity index (χ2n) is 3.58. The third-order valence-corrected chi connectivity index (χ3v) is 2.90. The molecule has 1 heterocycles. The number of hydrogen-bond donors (Lipinski definition) is 2. The van der Waals surface area contributed by atoms with Crippen LogP contribution in [0.1, 0.15) is 19.8 Å². The normalized spacial score (nSPS) is 10.3. The van der Waals surface area contributed by atoms with Gasteiger partial charge >= 0.3 is 0 Å². The fourth-order valence-corrected chi connectivity index (χ4v) is 1.77. The number of nitrogens with zero attached hydrogens (tertiary/aromatic N) is 2. The van der Waals surface area contributed by atoms with Crippen molar-refractivity contribution in [2.24, 2.45) is 0 Å². The lowest BCUT2D eigenvalue weighted by atomic mass is 10.4. The third-order valence-electron chi connectivity index (χ3n) is 2.15. The SMILES string of the molecule is CCCNc1ncnc(NCCCOC)c1Br. The van der Waals surface area contributed by atoms with Gasteiger partial charge in [0.15, 0.2) is 0 Å². The predicted molar refractivity (Wildman–Crippen MR) is 73.5 cm³/mol. The molecule has 2 N–H and O–H groups in total. The Morgan fingerprint density at radius 3 is 2.47 bits per heavy atom. The van der Waals surface area contributed by atoms with Crippen LogP contribution < -0.4 is 10.6 Å². The molecular formula is C11H19BrN4O. The van der Waals surface area contributed by atoms with Crippen molar-refractivity contribution in [3.63, 3.8) is 0 Å². The minimum absolute atomic E-state index is 0.747. The van der Waals surface area contributed by atoms with E-state index in [0.29, 0.717) is 0 Å². The van der Waals surface area contributed by atoms with Crippen molar-refractivity contribution in [1.82, 2.24) is 9.97 Å². The molecule has 96 valence electrons. The molecule has 17 heavy (non-hydrogen) atoms. The van der Waals surface area contributed by atoms with Gasteiger partial charge in [-0.1, -0.05) is 6.92 Å². The first-order valence-electron chi connectivity index (χ1n) is 5.76. The van der Waals surface area contributed by atoms with Gasteiger partial charge in [-0.3, -0.25) is 0 Å². The minimum Gasteiger partial charge on any atom is -0.385 e. The highest BCUT2D eigenvalue weighted by Gasteiger charge is 2.07. The summed E-state index contributed by atoms with van der Waals surface area (Å²) in [6.07, 6.45) is 3.57. The van der Waals surface area contributed by atoms with E-state index in [9.17, 15) is 0 Å². The molecule has 0 bridgehead atoms. The van der Waals surface area contributed by atoms with Gasteiger partial charge in [0.1, 0.15) is 22.4 Å². The molecule has 0 aromatic carbocycles. The Balaban J connectivity index is 2.53. The molecule has 0 aliphatic heterocycles. The Labute approximate surface area is 111 Å². The zero-order chi connectivity index (χ0) is 12.5. The number of methoxy groups -OCH3 is 1. The van der Waals surface area contributed by atoms with Crippen LogP contribution in [-0.4, -0.2) is 36.8 Å². The van der Waals surface area contributed by atoms with Crippen molar-refractivity contribution >= 4 is 27.6 Å². The van der Waals surface area contributed by atoms with Crippen LogP contribution in [-0.2, 0) is 4.74 Å². The molecule has 0 fully saturated rings. The van der Waals surface area contributed by atoms with E-state index >= 15 is 0 Å². The van der Waals surface area contributed by atoms with Gasteiger partial charge in [0.2, 0.25) is 0 Å². The van der Waals surface area contributed by atoms with Crippen molar-refractivity contribution in [3.8, 4) is 0 Å². The van der Waals surface area contributed by atoms with Crippen molar-refractivity contribution in [2.45, 2.75) is 19.8 Å². The fourth-order valence-electron chi connectivity index (χ4n) is 1.28. The summed E-state index contributed by atoms with van der Waals surface area (Å²) in [7, 11) is 1.70. The summed E-state index contributed by atoms with van der Waals surface area (Å²) < 4.78 is 5.87. The molecule has 0 aliphatic carbocycles. The largest absolute Gasteiger partial charge is 0.385 e. The summed E-state index contributed by atoms with van der Waals surface area (Å²) in [4.78, 5) is 8.38. The lowest BCUT2D eigenvalue weighted by molar-refractivity contribution is 0.197. The van der Waals surface area contributed by atoms with Crippen molar-refractivity contribution in [1.29, 1.82) is 0 Å². The number of halogens is 1. The van der Waals surface area contributed by atoms with Crippen molar-refractivity contribution in [2.75, 3.05) is 37.4 Å². The lowest BCUT2D eigenvalue weighted by Crippen LogP contribution is -2.09. The lowest BCUT2D eigenvalue weighted by Gasteiger charge is -2.11. The molecule has 1 rings (SSSR count). The van der Waals surface area contributed by atoms with E-state index in [1.54, 1.807) is 13.4 Å². The Hall–Kier alpha value is -0.880. The predicted octanol–water partition coefficient (Wildman–Crippen LogP) is 2.51. The first-order chi connectivity index (χ1) is 8.29. The second-order valence-corrected chi connectivity index (χ2v) is 4.38. The quantitative estimate of drug-likeness (QED) is 0.723. The molecule has 0 radical (unpaired) electrons. The van der Waals surface area contributed by atoms with Crippen LogP contribution in [0.5, 0.6) is 0 Å². The number of rotatable bonds is 8. The van der Waals surface area contributed by atoms with E-state index in [4.69, 9.17) is 4.74 Å². The summed E-state index contributed by atoms with van der Waals surface area (Å²) in [6.45, 7) is 4.60. The van der Waals surface area contributed by atoms with Crippen molar-refractivity contribution in [3.05, 3.63) is 10.8 Å². The number of hydrogen-bond acceptors (Lipinski definition) is 5. The molecule has 6 heteroatoms. The Kier molecular flexibility index (Phi) is 6.88. The topological polar surface area (TPSA) is 59.1 Å². The summed E-state index contributed by atoms with van der Waals surface area (Å²) in [5, 5.41) is 6.49. The first-order valence-corrected chi connectivity index (χ1v) is 6.56. The average Bonchev–Trinajstić information content (AvgIpc) is 2.35. The number of anilines is 2. The minimum atomic E-state index is 0.747. The molecular weight excluding hydrogens is 284 g/mol. The Morgan fingerprint density at radius 1 is 1.24 bits per heavy atom. The van der Waals surface area contributed by atoms with Gasteiger partial charge < -0.3 is 15.4 Å². The van der Waals surface area contributed by atoms with Crippen LogP contribution in [0.3, 0.4) is 0 Å². The molecule has 1 aromatic rings.